The summed E-state index contributed by atoms with van der Waals surface area (Å²) in [6, 6.07) is 0. The fourth-order valence-electron chi connectivity index (χ4n) is 7.28. The van der Waals surface area contributed by atoms with Crippen molar-refractivity contribution >= 4 is 11.6 Å². The summed E-state index contributed by atoms with van der Waals surface area (Å²) in [6.07, 6.45) is 5.74. The molecule has 4 unspecified atom stereocenters. The number of hydrogen-bond acceptors (Lipinski definition) is 5. The van der Waals surface area contributed by atoms with E-state index in [0.29, 0.717) is 19.3 Å². The molecule has 4 rings (SSSR count). The van der Waals surface area contributed by atoms with Crippen LogP contribution >= 0.6 is 0 Å². The Hall–Kier alpha value is -1.04. The molecule has 5 nitrogen and oxygen atoms in total. The number of aliphatic hydroxyl groups is 3. The number of rotatable bonds is 2. The first-order valence-corrected chi connectivity index (χ1v) is 9.96. The molecule has 0 aromatic heterocycles. The first-order chi connectivity index (χ1) is 12.2. The van der Waals surface area contributed by atoms with E-state index in [0.717, 1.165) is 25.7 Å². The minimum atomic E-state index is -1.54. The molecule has 0 aliphatic heterocycles. The van der Waals surface area contributed by atoms with Crippen molar-refractivity contribution in [2.45, 2.75) is 70.5 Å². The van der Waals surface area contributed by atoms with E-state index in [1.165, 1.54) is 5.57 Å². The Balaban J connectivity index is 1.74. The van der Waals surface area contributed by atoms with Gasteiger partial charge in [-0.25, -0.2) is 0 Å². The number of hydrogen-bond donors (Lipinski definition) is 3. The highest BCUT2D eigenvalue weighted by molar-refractivity contribution is 5.91. The molecule has 0 bridgehead atoms. The number of carbonyl (C=O) groups is 2. The third-order valence-electron chi connectivity index (χ3n) is 8.65. The maximum atomic E-state index is 12.4. The molecule has 0 aromatic rings. The monoisotopic (exact) mass is 362 g/mol. The van der Waals surface area contributed by atoms with Crippen molar-refractivity contribution in [3.63, 3.8) is 0 Å². The highest BCUT2D eigenvalue weighted by Crippen LogP contribution is 2.67. The van der Waals surface area contributed by atoms with Gasteiger partial charge in [0.1, 0.15) is 12.2 Å². The SMILES string of the molecule is C[C@]12CCC(=O)C=C1CCC1C2C(O)C[C@@]2(C)C1CC[C@]2(O)C(=O)CO. The molecule has 3 fully saturated rings. The molecule has 4 aliphatic rings. The Bertz CT molecular complexity index is 684. The maximum absolute atomic E-state index is 12.4. The van der Waals surface area contributed by atoms with Gasteiger partial charge < -0.3 is 15.3 Å². The number of ketones is 2. The van der Waals surface area contributed by atoms with E-state index in [9.17, 15) is 24.9 Å². The summed E-state index contributed by atoms with van der Waals surface area (Å²) in [4.78, 5) is 24.3. The normalized spacial score (nSPS) is 50.5. The van der Waals surface area contributed by atoms with Crippen LogP contribution in [0.15, 0.2) is 11.6 Å². The lowest BCUT2D eigenvalue weighted by molar-refractivity contribution is -0.182. The van der Waals surface area contributed by atoms with Crippen LogP contribution in [0.3, 0.4) is 0 Å². The average molecular weight is 362 g/mol. The van der Waals surface area contributed by atoms with Crippen LogP contribution < -0.4 is 0 Å². The lowest BCUT2D eigenvalue weighted by atomic mass is 9.45. The van der Waals surface area contributed by atoms with Crippen molar-refractivity contribution < 1.29 is 24.9 Å². The fourth-order valence-corrected chi connectivity index (χ4v) is 7.28. The average Bonchev–Trinajstić information content (AvgIpc) is 2.86. The standard InChI is InChI=1S/C21H30O5/c1-19-7-5-13(23)9-12(19)3-4-14-15-6-8-21(26,17(25)11-22)20(15,2)10-16(24)18(14)19/h9,14-16,18,22,24,26H,3-8,10-11H2,1-2H3/t14?,15?,16?,18?,19-,20-,21-/m0/s1. The molecule has 0 saturated heterocycles. The van der Waals surface area contributed by atoms with Gasteiger partial charge in [0.15, 0.2) is 11.6 Å². The van der Waals surface area contributed by atoms with Gasteiger partial charge in [0, 0.05) is 11.8 Å². The third-order valence-corrected chi connectivity index (χ3v) is 8.65. The predicted molar refractivity (Wildman–Crippen MR) is 95.1 cm³/mol. The number of carbonyl (C=O) groups excluding carboxylic acids is 2. The van der Waals surface area contributed by atoms with Crippen LogP contribution in [0.4, 0.5) is 0 Å². The smallest absolute Gasteiger partial charge is 0.190 e. The van der Waals surface area contributed by atoms with E-state index in [1.54, 1.807) is 6.08 Å². The molecule has 0 radical (unpaired) electrons. The molecule has 144 valence electrons. The van der Waals surface area contributed by atoms with Crippen LogP contribution in [0.2, 0.25) is 0 Å². The first-order valence-electron chi connectivity index (χ1n) is 9.96. The van der Waals surface area contributed by atoms with E-state index < -0.39 is 29.5 Å². The Kier molecular flexibility index (Phi) is 4.04. The molecule has 3 N–H and O–H groups in total. The molecule has 5 heteroatoms. The van der Waals surface area contributed by atoms with Crippen molar-refractivity contribution in [1.82, 2.24) is 0 Å². The molecule has 0 heterocycles. The van der Waals surface area contributed by atoms with Crippen molar-refractivity contribution in [2.24, 2.45) is 28.6 Å². The molecule has 7 atom stereocenters. The van der Waals surface area contributed by atoms with Crippen molar-refractivity contribution in [3.05, 3.63) is 11.6 Å². The zero-order valence-electron chi connectivity index (χ0n) is 15.7. The summed E-state index contributed by atoms with van der Waals surface area (Å²) in [6.45, 7) is 3.46. The van der Waals surface area contributed by atoms with Crippen LogP contribution in [-0.2, 0) is 9.59 Å². The second kappa shape index (κ2) is 5.73. The van der Waals surface area contributed by atoms with Gasteiger partial charge in [-0.15, -0.1) is 0 Å². The lowest BCUT2D eigenvalue weighted by Gasteiger charge is -2.60. The van der Waals surface area contributed by atoms with Crippen LogP contribution in [0.1, 0.15) is 58.8 Å². The minimum absolute atomic E-state index is 0.0697. The van der Waals surface area contributed by atoms with Gasteiger partial charge in [0.2, 0.25) is 0 Å². The quantitative estimate of drug-likeness (QED) is 0.696. The minimum Gasteiger partial charge on any atom is -0.393 e. The van der Waals surface area contributed by atoms with E-state index >= 15 is 0 Å². The molecule has 0 spiro atoms. The zero-order chi connectivity index (χ0) is 18.9. The second-order valence-electron chi connectivity index (χ2n) is 9.56. The molecule has 0 amide bonds. The van der Waals surface area contributed by atoms with E-state index in [4.69, 9.17) is 0 Å². The van der Waals surface area contributed by atoms with Gasteiger partial charge in [-0.1, -0.05) is 19.4 Å². The molecular weight excluding hydrogens is 332 g/mol. The van der Waals surface area contributed by atoms with Gasteiger partial charge in [-0.05, 0) is 67.8 Å². The largest absolute Gasteiger partial charge is 0.393 e. The molecule has 26 heavy (non-hydrogen) atoms. The molecule has 4 aliphatic carbocycles. The van der Waals surface area contributed by atoms with Crippen LogP contribution in [0.25, 0.3) is 0 Å². The zero-order valence-corrected chi connectivity index (χ0v) is 15.7. The summed E-state index contributed by atoms with van der Waals surface area (Å²) in [5.74, 6) is 0.140. The summed E-state index contributed by atoms with van der Waals surface area (Å²) in [5, 5.41) is 31.7. The van der Waals surface area contributed by atoms with Gasteiger partial charge in [0.25, 0.3) is 0 Å². The van der Waals surface area contributed by atoms with Crippen LogP contribution in [-0.4, -0.2) is 45.2 Å². The number of allylic oxidation sites excluding steroid dienone is 1. The van der Waals surface area contributed by atoms with E-state index in [2.05, 4.69) is 6.92 Å². The van der Waals surface area contributed by atoms with Gasteiger partial charge >= 0.3 is 0 Å². The van der Waals surface area contributed by atoms with Crippen LogP contribution in [0, 0.1) is 28.6 Å². The second-order valence-corrected chi connectivity index (χ2v) is 9.56. The summed E-state index contributed by atoms with van der Waals surface area (Å²) in [7, 11) is 0. The number of aliphatic hydroxyl groups excluding tert-OH is 2. The molecule has 0 aromatic carbocycles. The summed E-state index contributed by atoms with van der Waals surface area (Å²) in [5.41, 5.74) is -1.23. The van der Waals surface area contributed by atoms with Crippen molar-refractivity contribution in [3.8, 4) is 0 Å². The Morgan fingerprint density at radius 2 is 1.96 bits per heavy atom. The van der Waals surface area contributed by atoms with Crippen molar-refractivity contribution in [1.29, 1.82) is 0 Å². The van der Waals surface area contributed by atoms with E-state index in [1.807, 2.05) is 6.92 Å². The number of fused-ring (bicyclic) bond motifs is 5. The highest BCUT2D eigenvalue weighted by atomic mass is 16.3. The Labute approximate surface area is 154 Å². The van der Waals surface area contributed by atoms with Gasteiger partial charge in [0.05, 0.1) is 6.10 Å². The van der Waals surface area contributed by atoms with Crippen molar-refractivity contribution in [2.75, 3.05) is 6.61 Å². The molecular formula is C21H30O5. The van der Waals surface area contributed by atoms with Crippen LogP contribution in [0.5, 0.6) is 0 Å². The summed E-state index contributed by atoms with van der Waals surface area (Å²) >= 11 is 0. The van der Waals surface area contributed by atoms with Gasteiger partial charge in [-0.2, -0.15) is 0 Å². The highest BCUT2D eigenvalue weighted by Gasteiger charge is 2.68. The Morgan fingerprint density at radius 3 is 2.65 bits per heavy atom. The lowest BCUT2D eigenvalue weighted by Crippen LogP contribution is -2.62. The van der Waals surface area contributed by atoms with Gasteiger partial charge in [-0.3, -0.25) is 9.59 Å². The topological polar surface area (TPSA) is 94.8 Å². The predicted octanol–water partition coefficient (Wildman–Crippen LogP) is 1.78. The number of Topliss-reactive ketones (excluding diaryl/α,β-unsaturated/α-hetero) is 1. The maximum Gasteiger partial charge on any atom is 0.190 e. The summed E-state index contributed by atoms with van der Waals surface area (Å²) < 4.78 is 0. The fraction of sp³-hybridized carbons (Fsp3) is 0.810. The first kappa shape index (κ1) is 18.3. The third kappa shape index (κ3) is 2.14. The Morgan fingerprint density at radius 1 is 1.23 bits per heavy atom. The molecule has 3 saturated carbocycles. The van der Waals surface area contributed by atoms with E-state index in [-0.39, 0.29) is 29.0 Å².